The lowest BCUT2D eigenvalue weighted by molar-refractivity contribution is -0.134. The molecule has 0 spiro atoms. The van der Waals surface area contributed by atoms with Crippen molar-refractivity contribution in [2.75, 3.05) is 13.1 Å². The van der Waals surface area contributed by atoms with Gasteiger partial charge in [0.1, 0.15) is 0 Å². The molecule has 1 unspecified atom stereocenters. The third kappa shape index (κ3) is 3.46. The van der Waals surface area contributed by atoms with Crippen LogP contribution >= 0.6 is 0 Å². The number of aliphatic hydroxyl groups excluding tert-OH is 1. The fraction of sp³-hybridized carbons (Fsp3) is 0.917. The largest absolute Gasteiger partial charge is 0.393 e. The summed E-state index contributed by atoms with van der Waals surface area (Å²) in [5.74, 6) is 0.414. The third-order valence-electron chi connectivity index (χ3n) is 3.45. The summed E-state index contributed by atoms with van der Waals surface area (Å²) in [5, 5.41) is 9.47. The number of hydrogen-bond acceptors (Lipinski definition) is 3. The number of rotatable bonds is 4. The number of aliphatic hydroxyl groups is 1. The second kappa shape index (κ2) is 6.21. The van der Waals surface area contributed by atoms with E-state index in [2.05, 4.69) is 0 Å². The second-order valence-electron chi connectivity index (χ2n) is 4.80. The fourth-order valence-electron chi connectivity index (χ4n) is 2.27. The van der Waals surface area contributed by atoms with Crippen molar-refractivity contribution in [2.24, 2.45) is 11.7 Å². The Morgan fingerprint density at radius 1 is 1.50 bits per heavy atom. The van der Waals surface area contributed by atoms with E-state index < -0.39 is 0 Å². The summed E-state index contributed by atoms with van der Waals surface area (Å²) >= 11 is 0. The Hall–Kier alpha value is -0.610. The topological polar surface area (TPSA) is 66.6 Å². The highest BCUT2D eigenvalue weighted by Crippen LogP contribution is 2.21. The van der Waals surface area contributed by atoms with Gasteiger partial charge in [-0.1, -0.05) is 13.3 Å². The van der Waals surface area contributed by atoms with Gasteiger partial charge in [-0.15, -0.1) is 0 Å². The van der Waals surface area contributed by atoms with Gasteiger partial charge >= 0.3 is 0 Å². The quantitative estimate of drug-likeness (QED) is 0.745. The van der Waals surface area contributed by atoms with E-state index >= 15 is 0 Å². The van der Waals surface area contributed by atoms with Gasteiger partial charge in [0, 0.05) is 13.1 Å². The molecule has 0 aromatic carbocycles. The molecular weight excluding hydrogens is 204 g/mol. The summed E-state index contributed by atoms with van der Waals surface area (Å²) in [6.45, 7) is 5.34. The summed E-state index contributed by atoms with van der Waals surface area (Å²) in [5.41, 5.74) is 5.81. The fourth-order valence-corrected chi connectivity index (χ4v) is 2.27. The van der Waals surface area contributed by atoms with Crippen molar-refractivity contribution in [3.8, 4) is 0 Å². The van der Waals surface area contributed by atoms with Crippen LogP contribution in [-0.4, -0.2) is 41.1 Å². The van der Waals surface area contributed by atoms with Gasteiger partial charge in [-0.3, -0.25) is 4.79 Å². The first kappa shape index (κ1) is 13.5. The van der Waals surface area contributed by atoms with Crippen LogP contribution < -0.4 is 5.73 Å². The lowest BCUT2D eigenvalue weighted by Gasteiger charge is -2.34. The minimum absolute atomic E-state index is 0.0749. The van der Waals surface area contributed by atoms with E-state index in [0.717, 1.165) is 38.8 Å². The van der Waals surface area contributed by atoms with Crippen LogP contribution in [0.5, 0.6) is 0 Å². The molecule has 1 fully saturated rings. The molecule has 16 heavy (non-hydrogen) atoms. The number of carbonyl (C=O) groups is 1. The molecule has 0 aromatic rings. The van der Waals surface area contributed by atoms with E-state index in [9.17, 15) is 9.90 Å². The zero-order valence-corrected chi connectivity index (χ0v) is 10.4. The molecule has 1 heterocycles. The summed E-state index contributed by atoms with van der Waals surface area (Å²) in [4.78, 5) is 13.7. The van der Waals surface area contributed by atoms with Gasteiger partial charge in [0.05, 0.1) is 12.1 Å². The Morgan fingerprint density at radius 2 is 2.06 bits per heavy atom. The first-order valence-corrected chi connectivity index (χ1v) is 6.28. The van der Waals surface area contributed by atoms with Crippen LogP contribution in [0.15, 0.2) is 0 Å². The maximum absolute atomic E-state index is 11.9. The first-order valence-electron chi connectivity index (χ1n) is 6.28. The molecule has 0 saturated carbocycles. The van der Waals surface area contributed by atoms with Crippen molar-refractivity contribution >= 4 is 5.91 Å². The highest BCUT2D eigenvalue weighted by molar-refractivity contribution is 5.81. The minimum atomic E-state index is -0.340. The molecule has 1 amide bonds. The minimum Gasteiger partial charge on any atom is -0.393 e. The number of amides is 1. The predicted molar refractivity (Wildman–Crippen MR) is 63.9 cm³/mol. The molecular formula is C12H24N2O2. The van der Waals surface area contributed by atoms with Crippen LogP contribution in [0.1, 0.15) is 39.5 Å². The second-order valence-corrected chi connectivity index (χ2v) is 4.80. The van der Waals surface area contributed by atoms with Crippen LogP contribution in [0.2, 0.25) is 0 Å². The van der Waals surface area contributed by atoms with Crippen molar-refractivity contribution < 1.29 is 9.90 Å². The first-order chi connectivity index (χ1) is 7.56. The molecule has 94 valence electrons. The van der Waals surface area contributed by atoms with Crippen LogP contribution in [0, 0.1) is 5.92 Å². The number of nitrogens with two attached hydrogens (primary N) is 1. The molecule has 4 heteroatoms. The van der Waals surface area contributed by atoms with Crippen LogP contribution in [0.25, 0.3) is 0 Å². The van der Waals surface area contributed by atoms with Crippen LogP contribution in [0.4, 0.5) is 0 Å². The Bertz CT molecular complexity index is 223. The molecule has 0 radical (unpaired) electrons. The van der Waals surface area contributed by atoms with E-state index in [4.69, 9.17) is 5.73 Å². The van der Waals surface area contributed by atoms with Gasteiger partial charge in [-0.05, 0) is 32.1 Å². The molecule has 0 aliphatic carbocycles. The number of nitrogens with zero attached hydrogens (tertiary/aromatic N) is 1. The summed E-state index contributed by atoms with van der Waals surface area (Å²) in [6, 6.07) is -0.340. The standard InChI is InChI=1S/C12H24N2O2/c1-3-4-11(13)12(16)14-7-5-10(6-8-14)9(2)15/h9-11,15H,3-8,13H2,1-2H3/t9?,11-/m1/s1. The SMILES string of the molecule is CCC[C@@H](N)C(=O)N1CCC(C(C)O)CC1. The average molecular weight is 228 g/mol. The van der Waals surface area contributed by atoms with Gasteiger partial charge in [-0.25, -0.2) is 0 Å². The summed E-state index contributed by atoms with van der Waals surface area (Å²) in [6.07, 6.45) is 3.22. The molecule has 2 atom stereocenters. The maximum atomic E-state index is 11.9. The monoisotopic (exact) mass is 228 g/mol. The Balaban J connectivity index is 2.38. The molecule has 1 saturated heterocycles. The zero-order valence-electron chi connectivity index (χ0n) is 10.4. The number of carbonyl (C=O) groups excluding carboxylic acids is 1. The smallest absolute Gasteiger partial charge is 0.239 e. The normalized spacial score (nSPS) is 21.9. The molecule has 1 rings (SSSR count). The predicted octanol–water partition coefficient (Wildman–Crippen LogP) is 0.733. The highest BCUT2D eigenvalue weighted by Gasteiger charge is 2.27. The van der Waals surface area contributed by atoms with Gasteiger partial charge < -0.3 is 15.7 Å². The molecule has 4 nitrogen and oxygen atoms in total. The van der Waals surface area contributed by atoms with Crippen molar-refractivity contribution in [3.05, 3.63) is 0 Å². The molecule has 1 aliphatic heterocycles. The van der Waals surface area contributed by atoms with Gasteiger partial charge in [0.25, 0.3) is 0 Å². The van der Waals surface area contributed by atoms with E-state index in [1.807, 2.05) is 18.7 Å². The van der Waals surface area contributed by atoms with Gasteiger partial charge in [0.15, 0.2) is 0 Å². The number of likely N-dealkylation sites (tertiary alicyclic amines) is 1. The lowest BCUT2D eigenvalue weighted by Crippen LogP contribution is -2.48. The van der Waals surface area contributed by atoms with E-state index in [1.54, 1.807) is 0 Å². The van der Waals surface area contributed by atoms with Crippen LogP contribution in [0.3, 0.4) is 0 Å². The van der Waals surface area contributed by atoms with E-state index in [-0.39, 0.29) is 18.1 Å². The Labute approximate surface area is 97.8 Å². The number of hydrogen-bond donors (Lipinski definition) is 2. The molecule has 3 N–H and O–H groups in total. The van der Waals surface area contributed by atoms with Crippen LogP contribution in [-0.2, 0) is 4.79 Å². The highest BCUT2D eigenvalue weighted by atomic mass is 16.3. The lowest BCUT2D eigenvalue weighted by atomic mass is 9.92. The Morgan fingerprint density at radius 3 is 2.50 bits per heavy atom. The van der Waals surface area contributed by atoms with E-state index in [0.29, 0.717) is 5.92 Å². The maximum Gasteiger partial charge on any atom is 0.239 e. The number of piperidine rings is 1. The van der Waals surface area contributed by atoms with Crippen molar-refractivity contribution in [1.82, 2.24) is 4.90 Å². The molecule has 0 bridgehead atoms. The third-order valence-corrected chi connectivity index (χ3v) is 3.45. The molecule has 1 aliphatic rings. The van der Waals surface area contributed by atoms with Crippen molar-refractivity contribution in [1.29, 1.82) is 0 Å². The van der Waals surface area contributed by atoms with Crippen molar-refractivity contribution in [2.45, 2.75) is 51.7 Å². The summed E-state index contributed by atoms with van der Waals surface area (Å²) < 4.78 is 0. The Kier molecular flexibility index (Phi) is 5.22. The zero-order chi connectivity index (χ0) is 12.1. The van der Waals surface area contributed by atoms with E-state index in [1.165, 1.54) is 0 Å². The molecule has 0 aromatic heterocycles. The summed E-state index contributed by atoms with van der Waals surface area (Å²) in [7, 11) is 0. The average Bonchev–Trinajstić information content (AvgIpc) is 2.28. The van der Waals surface area contributed by atoms with Crippen molar-refractivity contribution in [3.63, 3.8) is 0 Å². The van der Waals surface area contributed by atoms with Gasteiger partial charge in [-0.2, -0.15) is 0 Å². The van der Waals surface area contributed by atoms with Gasteiger partial charge in [0.2, 0.25) is 5.91 Å².